The van der Waals surface area contributed by atoms with Gasteiger partial charge in [-0.1, -0.05) is 30.3 Å². The van der Waals surface area contributed by atoms with E-state index in [1.54, 1.807) is 18.2 Å². The fourth-order valence-electron chi connectivity index (χ4n) is 2.78. The topological polar surface area (TPSA) is 73.0 Å². The number of nitrogens with two attached hydrogens (primary N) is 1. The number of hydrogen-bond acceptors (Lipinski definition) is 5. The molecule has 0 fully saturated rings. The minimum absolute atomic E-state index is 0.163. The van der Waals surface area contributed by atoms with Gasteiger partial charge in [0.15, 0.2) is 0 Å². The highest BCUT2D eigenvalue weighted by molar-refractivity contribution is 8.26. The summed E-state index contributed by atoms with van der Waals surface area (Å²) in [6, 6.07) is 13.2. The second-order valence-corrected chi connectivity index (χ2v) is 7.33. The van der Waals surface area contributed by atoms with Crippen LogP contribution in [0.15, 0.2) is 48.5 Å². The molecule has 1 heterocycles. The molecule has 1 aliphatic rings. The molecule has 0 aromatic heterocycles. The molecule has 124 valence electrons. The number of rotatable bonds is 3. The molecular formula is C16H20FN3O2S. The summed E-state index contributed by atoms with van der Waals surface area (Å²) < 4.78 is 38.8. The van der Waals surface area contributed by atoms with Crippen molar-refractivity contribution in [3.05, 3.63) is 59.9 Å². The second-order valence-electron chi connectivity index (χ2n) is 5.52. The van der Waals surface area contributed by atoms with Crippen LogP contribution in [-0.2, 0) is 6.54 Å². The summed E-state index contributed by atoms with van der Waals surface area (Å²) in [5.74, 6) is -0.493. The summed E-state index contributed by atoms with van der Waals surface area (Å²) in [7, 11) is -3.42. The molecule has 0 aliphatic carbocycles. The van der Waals surface area contributed by atoms with Crippen molar-refractivity contribution < 1.29 is 13.5 Å². The van der Waals surface area contributed by atoms with Gasteiger partial charge >= 0.3 is 0 Å². The first-order valence-corrected chi connectivity index (χ1v) is 8.80. The van der Waals surface area contributed by atoms with Crippen LogP contribution in [0.1, 0.15) is 12.5 Å². The molecule has 0 amide bonds. The molecule has 0 spiro atoms. The summed E-state index contributed by atoms with van der Waals surface area (Å²) in [5, 5.41) is 0. The SMILES string of the molecule is CC(CN)N1c2ccccc2CN(c2ccccc2F)S1(O)O. The van der Waals surface area contributed by atoms with Gasteiger partial charge in [0.05, 0.1) is 24.0 Å². The average molecular weight is 337 g/mol. The smallest absolute Gasteiger partial charge is 0.148 e. The number of anilines is 2. The zero-order valence-electron chi connectivity index (χ0n) is 12.8. The van der Waals surface area contributed by atoms with Crippen molar-refractivity contribution in [1.82, 2.24) is 0 Å². The van der Waals surface area contributed by atoms with Crippen molar-refractivity contribution in [2.45, 2.75) is 19.5 Å². The lowest BCUT2D eigenvalue weighted by atomic mass is 10.1. The number of halogens is 1. The van der Waals surface area contributed by atoms with Gasteiger partial charge < -0.3 is 5.73 Å². The van der Waals surface area contributed by atoms with Gasteiger partial charge in [0, 0.05) is 6.54 Å². The van der Waals surface area contributed by atoms with Gasteiger partial charge in [-0.3, -0.25) is 9.11 Å². The van der Waals surface area contributed by atoms with Crippen molar-refractivity contribution in [3.8, 4) is 0 Å². The van der Waals surface area contributed by atoms with Crippen molar-refractivity contribution in [2.75, 3.05) is 15.2 Å². The largest absolute Gasteiger partial charge is 0.328 e. The van der Waals surface area contributed by atoms with Crippen LogP contribution in [0.5, 0.6) is 0 Å². The minimum Gasteiger partial charge on any atom is -0.328 e. The highest BCUT2D eigenvalue weighted by Crippen LogP contribution is 2.57. The van der Waals surface area contributed by atoms with Crippen LogP contribution in [0.4, 0.5) is 15.8 Å². The highest BCUT2D eigenvalue weighted by Gasteiger charge is 2.40. The van der Waals surface area contributed by atoms with Gasteiger partial charge in [0.1, 0.15) is 5.82 Å². The van der Waals surface area contributed by atoms with Crippen LogP contribution in [0.2, 0.25) is 0 Å². The number of para-hydroxylation sites is 2. The van der Waals surface area contributed by atoms with Crippen LogP contribution in [0.3, 0.4) is 0 Å². The summed E-state index contributed by atoms with van der Waals surface area (Å²) in [6.45, 7) is 2.28. The molecule has 0 radical (unpaired) electrons. The zero-order chi connectivity index (χ0) is 16.6. The quantitative estimate of drug-likeness (QED) is 0.798. The maximum absolute atomic E-state index is 14.2. The summed E-state index contributed by atoms with van der Waals surface area (Å²) >= 11 is 0. The number of hydrogen-bond donors (Lipinski definition) is 3. The van der Waals surface area contributed by atoms with E-state index in [0.717, 1.165) is 11.3 Å². The van der Waals surface area contributed by atoms with E-state index in [2.05, 4.69) is 0 Å². The van der Waals surface area contributed by atoms with E-state index in [1.807, 2.05) is 31.2 Å². The maximum atomic E-state index is 14.2. The van der Waals surface area contributed by atoms with Gasteiger partial charge in [0.25, 0.3) is 0 Å². The normalized spacial score (nSPS) is 19.2. The molecule has 0 bridgehead atoms. The van der Waals surface area contributed by atoms with Gasteiger partial charge in [-0.2, -0.15) is 0 Å². The Morgan fingerprint density at radius 2 is 1.74 bits per heavy atom. The third-order valence-corrected chi connectivity index (χ3v) is 5.97. The molecule has 5 nitrogen and oxygen atoms in total. The molecule has 1 atom stereocenters. The molecule has 7 heteroatoms. The Morgan fingerprint density at radius 1 is 1.13 bits per heavy atom. The van der Waals surface area contributed by atoms with E-state index in [0.29, 0.717) is 0 Å². The molecule has 0 saturated carbocycles. The lowest BCUT2D eigenvalue weighted by Gasteiger charge is -2.56. The molecule has 1 unspecified atom stereocenters. The van der Waals surface area contributed by atoms with E-state index in [-0.39, 0.29) is 24.8 Å². The van der Waals surface area contributed by atoms with Gasteiger partial charge in [-0.25, -0.2) is 13.0 Å². The molecule has 4 N–H and O–H groups in total. The van der Waals surface area contributed by atoms with E-state index in [1.165, 1.54) is 14.7 Å². The lowest BCUT2D eigenvalue weighted by molar-refractivity contribution is 0.461. The van der Waals surface area contributed by atoms with Crippen LogP contribution < -0.4 is 14.3 Å². The number of nitrogens with zero attached hydrogens (tertiary/aromatic N) is 2. The molecule has 2 aromatic carbocycles. The Kier molecular flexibility index (Phi) is 4.20. The fourth-order valence-corrected chi connectivity index (χ4v) is 4.73. The molecular weight excluding hydrogens is 317 g/mol. The Morgan fingerprint density at radius 3 is 2.39 bits per heavy atom. The maximum Gasteiger partial charge on any atom is 0.148 e. The van der Waals surface area contributed by atoms with Crippen molar-refractivity contribution >= 4 is 22.3 Å². The first-order valence-electron chi connectivity index (χ1n) is 7.34. The Bertz CT molecular complexity index is 713. The fraction of sp³-hybridized carbons (Fsp3) is 0.250. The number of fused-ring (bicyclic) bond motifs is 1. The monoisotopic (exact) mass is 337 g/mol. The predicted molar refractivity (Wildman–Crippen MR) is 92.9 cm³/mol. The molecule has 23 heavy (non-hydrogen) atoms. The molecule has 3 rings (SSSR count). The average Bonchev–Trinajstić information content (AvgIpc) is 2.54. The van der Waals surface area contributed by atoms with Gasteiger partial charge in [-0.05, 0) is 41.6 Å². The summed E-state index contributed by atoms with van der Waals surface area (Å²) in [6.07, 6.45) is 0. The van der Waals surface area contributed by atoms with Crippen molar-refractivity contribution in [3.63, 3.8) is 0 Å². The minimum atomic E-state index is -3.42. The second kappa shape index (κ2) is 6.01. The third-order valence-electron chi connectivity index (χ3n) is 3.97. The van der Waals surface area contributed by atoms with Crippen molar-refractivity contribution in [2.24, 2.45) is 5.73 Å². The van der Waals surface area contributed by atoms with E-state index in [9.17, 15) is 13.5 Å². The predicted octanol–water partition coefficient (Wildman–Crippen LogP) is 3.58. The Labute approximate surface area is 136 Å². The summed E-state index contributed by atoms with van der Waals surface area (Å²) in [4.78, 5) is 0. The zero-order valence-corrected chi connectivity index (χ0v) is 13.6. The van der Waals surface area contributed by atoms with Crippen LogP contribution >= 0.6 is 11.0 Å². The van der Waals surface area contributed by atoms with E-state index < -0.39 is 16.8 Å². The van der Waals surface area contributed by atoms with E-state index >= 15 is 0 Å². The van der Waals surface area contributed by atoms with Crippen molar-refractivity contribution in [1.29, 1.82) is 0 Å². The third kappa shape index (κ3) is 2.66. The molecule has 0 saturated heterocycles. The molecule has 2 aromatic rings. The van der Waals surface area contributed by atoms with Crippen LogP contribution in [0, 0.1) is 5.82 Å². The van der Waals surface area contributed by atoms with E-state index in [4.69, 9.17) is 5.73 Å². The Balaban J connectivity index is 2.16. The first-order chi connectivity index (χ1) is 11.0. The first kappa shape index (κ1) is 16.1. The van der Waals surface area contributed by atoms with Crippen LogP contribution in [-0.4, -0.2) is 21.7 Å². The lowest BCUT2D eigenvalue weighted by Crippen LogP contribution is -2.50. The molecule has 1 aliphatic heterocycles. The number of benzene rings is 2. The highest BCUT2D eigenvalue weighted by atomic mass is 32.3. The summed E-state index contributed by atoms with van der Waals surface area (Å²) in [5.41, 5.74) is 7.53. The Hall–Kier alpha value is -1.80. The van der Waals surface area contributed by atoms with Crippen LogP contribution in [0.25, 0.3) is 0 Å². The van der Waals surface area contributed by atoms with Gasteiger partial charge in [-0.15, -0.1) is 0 Å². The van der Waals surface area contributed by atoms with Gasteiger partial charge in [0.2, 0.25) is 0 Å². The standard InChI is InChI=1S/C16H20FN3O2S/c1-12(10-18)20-15-8-4-2-6-13(15)11-19(23(20,21)22)16-9-5-3-7-14(16)17/h2-9,12,21-22H,10-11,18H2,1H3.